The molecule has 0 bridgehead atoms. The molecule has 0 atom stereocenters. The molecule has 7 heteroatoms. The third-order valence-electron chi connectivity index (χ3n) is 3.90. The van der Waals surface area contributed by atoms with E-state index in [9.17, 15) is 4.79 Å². The summed E-state index contributed by atoms with van der Waals surface area (Å²) in [7, 11) is 0. The second-order valence-electron chi connectivity index (χ2n) is 5.35. The predicted octanol–water partition coefficient (Wildman–Crippen LogP) is 2.98. The summed E-state index contributed by atoms with van der Waals surface area (Å²) in [5, 5.41) is 11.9. The fourth-order valence-electron chi connectivity index (χ4n) is 2.45. The minimum atomic E-state index is -0.00960. The van der Waals surface area contributed by atoms with E-state index < -0.39 is 0 Å². The lowest BCUT2D eigenvalue weighted by molar-refractivity contribution is -0.121. The van der Waals surface area contributed by atoms with E-state index >= 15 is 0 Å². The Balaban J connectivity index is 1.60. The largest absolute Gasteiger partial charge is 0.355 e. The van der Waals surface area contributed by atoms with E-state index in [0.717, 1.165) is 29.6 Å². The van der Waals surface area contributed by atoms with Gasteiger partial charge in [0.25, 0.3) is 0 Å². The zero-order valence-electron chi connectivity index (χ0n) is 11.7. The Morgan fingerprint density at radius 2 is 2.43 bits per heavy atom. The van der Waals surface area contributed by atoms with Crippen molar-refractivity contribution in [3.63, 3.8) is 0 Å². The summed E-state index contributed by atoms with van der Waals surface area (Å²) >= 11 is 6.80. The minimum absolute atomic E-state index is 0.00960. The lowest BCUT2D eigenvalue weighted by Crippen LogP contribution is -2.30. The molecule has 1 amide bonds. The molecule has 0 aromatic carbocycles. The monoisotopic (exact) mass is 322 g/mol. The Morgan fingerprint density at radius 3 is 3.10 bits per heavy atom. The van der Waals surface area contributed by atoms with Crippen molar-refractivity contribution in [3.8, 4) is 10.7 Å². The van der Waals surface area contributed by atoms with E-state index in [1.807, 2.05) is 17.5 Å². The van der Waals surface area contributed by atoms with Crippen LogP contribution in [0.15, 0.2) is 17.5 Å². The Kier molecular flexibility index (Phi) is 4.50. The second-order valence-corrected chi connectivity index (χ2v) is 6.69. The maximum absolute atomic E-state index is 12.1. The van der Waals surface area contributed by atoms with E-state index in [2.05, 4.69) is 15.5 Å². The van der Waals surface area contributed by atoms with Crippen LogP contribution in [-0.2, 0) is 11.3 Å². The second kappa shape index (κ2) is 6.53. The Morgan fingerprint density at radius 1 is 1.57 bits per heavy atom. The van der Waals surface area contributed by atoms with Gasteiger partial charge in [-0.1, -0.05) is 25.3 Å². The molecule has 21 heavy (non-hydrogen) atoms. The Hall–Kier alpha value is -1.47. The van der Waals surface area contributed by atoms with Crippen LogP contribution in [0.2, 0.25) is 0 Å². The molecule has 2 heterocycles. The predicted molar refractivity (Wildman–Crippen MR) is 85.7 cm³/mol. The van der Waals surface area contributed by atoms with Crippen LogP contribution in [0, 0.1) is 10.7 Å². The van der Waals surface area contributed by atoms with Gasteiger partial charge in [-0.15, -0.1) is 11.3 Å². The van der Waals surface area contributed by atoms with Gasteiger partial charge >= 0.3 is 0 Å². The summed E-state index contributed by atoms with van der Waals surface area (Å²) in [5.74, 6) is 1.52. The highest BCUT2D eigenvalue weighted by molar-refractivity contribution is 7.71. The normalized spacial score (nSPS) is 14.9. The molecule has 112 valence electrons. The van der Waals surface area contributed by atoms with Crippen molar-refractivity contribution in [2.45, 2.75) is 32.2 Å². The molecule has 1 aliphatic rings. The average Bonchev–Trinajstić information content (AvgIpc) is 3.04. The van der Waals surface area contributed by atoms with Gasteiger partial charge in [-0.05, 0) is 36.0 Å². The highest BCUT2D eigenvalue weighted by Crippen LogP contribution is 2.28. The first-order valence-electron chi connectivity index (χ1n) is 7.20. The Labute approximate surface area is 132 Å². The maximum atomic E-state index is 12.1. The topological polar surface area (TPSA) is 62.7 Å². The molecule has 1 fully saturated rings. The van der Waals surface area contributed by atoms with Crippen molar-refractivity contribution in [3.05, 3.63) is 22.3 Å². The molecule has 2 aromatic heterocycles. The van der Waals surface area contributed by atoms with Gasteiger partial charge in [-0.3, -0.25) is 14.5 Å². The molecular weight excluding hydrogens is 304 g/mol. The number of rotatable bonds is 6. The van der Waals surface area contributed by atoms with Crippen molar-refractivity contribution >= 4 is 29.5 Å². The zero-order chi connectivity index (χ0) is 14.7. The number of H-pyrrole nitrogens is 1. The number of thiophene rings is 1. The first-order valence-corrected chi connectivity index (χ1v) is 8.48. The van der Waals surface area contributed by atoms with Crippen LogP contribution < -0.4 is 5.32 Å². The molecular formula is C14H18N4OS2. The van der Waals surface area contributed by atoms with E-state index in [1.165, 1.54) is 19.3 Å². The molecule has 3 rings (SSSR count). The highest BCUT2D eigenvalue weighted by atomic mass is 32.1. The van der Waals surface area contributed by atoms with E-state index in [0.29, 0.717) is 4.77 Å². The highest BCUT2D eigenvalue weighted by Gasteiger charge is 2.17. The zero-order valence-corrected chi connectivity index (χ0v) is 13.3. The number of nitrogens with one attached hydrogen (secondary N) is 2. The fraction of sp³-hybridized carbons (Fsp3) is 0.500. The van der Waals surface area contributed by atoms with Gasteiger partial charge in [0.05, 0.1) is 4.88 Å². The van der Waals surface area contributed by atoms with Crippen LogP contribution in [0.3, 0.4) is 0 Å². The van der Waals surface area contributed by atoms with Crippen molar-refractivity contribution < 1.29 is 4.79 Å². The van der Waals surface area contributed by atoms with Crippen LogP contribution in [0.5, 0.6) is 0 Å². The lowest BCUT2D eigenvalue weighted by atomic mass is 9.83. The van der Waals surface area contributed by atoms with Gasteiger partial charge in [0.1, 0.15) is 6.54 Å². The van der Waals surface area contributed by atoms with Crippen LogP contribution in [0.25, 0.3) is 10.7 Å². The smallest absolute Gasteiger partial charge is 0.240 e. The third kappa shape index (κ3) is 3.41. The van der Waals surface area contributed by atoms with Gasteiger partial charge in [-0.2, -0.15) is 5.10 Å². The van der Waals surface area contributed by atoms with Crippen LogP contribution >= 0.6 is 23.6 Å². The molecule has 5 nitrogen and oxygen atoms in total. The van der Waals surface area contributed by atoms with E-state index in [4.69, 9.17) is 12.2 Å². The van der Waals surface area contributed by atoms with Gasteiger partial charge < -0.3 is 5.32 Å². The van der Waals surface area contributed by atoms with Crippen molar-refractivity contribution in [2.24, 2.45) is 5.92 Å². The molecule has 1 saturated carbocycles. The molecule has 0 unspecified atom stereocenters. The minimum Gasteiger partial charge on any atom is -0.355 e. The third-order valence-corrected chi connectivity index (χ3v) is 5.08. The quantitative estimate of drug-likeness (QED) is 0.804. The number of carbonyl (C=O) groups excluding carboxylic acids is 1. The molecule has 1 aliphatic carbocycles. The summed E-state index contributed by atoms with van der Waals surface area (Å²) in [5.41, 5.74) is 0. The molecule has 0 radical (unpaired) electrons. The molecule has 0 spiro atoms. The SMILES string of the molecule is O=C(Cn1c(-c2cccs2)n[nH]c1=S)NCCC1CCC1. The van der Waals surface area contributed by atoms with E-state index in [-0.39, 0.29) is 12.5 Å². The number of hydrogen-bond acceptors (Lipinski definition) is 4. The molecule has 2 N–H and O–H groups in total. The van der Waals surface area contributed by atoms with Gasteiger partial charge in [0, 0.05) is 6.54 Å². The summed E-state index contributed by atoms with van der Waals surface area (Å²) in [6.07, 6.45) is 5.05. The molecule has 2 aromatic rings. The van der Waals surface area contributed by atoms with Crippen molar-refractivity contribution in [1.82, 2.24) is 20.1 Å². The number of nitrogens with zero attached hydrogens (tertiary/aromatic N) is 2. The number of aromatic nitrogens is 3. The summed E-state index contributed by atoms with van der Waals surface area (Å²) < 4.78 is 2.23. The first kappa shape index (κ1) is 14.5. The average molecular weight is 322 g/mol. The summed E-state index contributed by atoms with van der Waals surface area (Å²) in [6.45, 7) is 0.968. The fourth-order valence-corrected chi connectivity index (χ4v) is 3.37. The van der Waals surface area contributed by atoms with Crippen LogP contribution in [-0.4, -0.2) is 27.2 Å². The van der Waals surface area contributed by atoms with Gasteiger partial charge in [-0.25, -0.2) is 0 Å². The number of carbonyl (C=O) groups is 1. The number of hydrogen-bond donors (Lipinski definition) is 2. The molecule has 0 aliphatic heterocycles. The first-order chi connectivity index (χ1) is 10.2. The lowest BCUT2D eigenvalue weighted by Gasteiger charge is -2.25. The van der Waals surface area contributed by atoms with Crippen LogP contribution in [0.4, 0.5) is 0 Å². The Bertz CT molecular complexity index is 655. The van der Waals surface area contributed by atoms with Crippen molar-refractivity contribution in [1.29, 1.82) is 0 Å². The summed E-state index contributed by atoms with van der Waals surface area (Å²) in [4.78, 5) is 13.1. The number of aromatic amines is 1. The summed E-state index contributed by atoms with van der Waals surface area (Å²) in [6, 6.07) is 3.93. The van der Waals surface area contributed by atoms with Crippen molar-refractivity contribution in [2.75, 3.05) is 6.54 Å². The molecule has 0 saturated heterocycles. The van der Waals surface area contributed by atoms with Crippen LogP contribution in [0.1, 0.15) is 25.7 Å². The van der Waals surface area contributed by atoms with Gasteiger partial charge in [0.15, 0.2) is 10.6 Å². The van der Waals surface area contributed by atoms with E-state index in [1.54, 1.807) is 15.9 Å². The number of amides is 1. The maximum Gasteiger partial charge on any atom is 0.240 e. The standard InChI is InChI=1S/C14H18N4OS2/c19-12(15-7-6-10-3-1-4-10)9-18-13(16-17-14(18)20)11-5-2-8-21-11/h2,5,8,10H,1,3-4,6-7,9H2,(H,15,19)(H,17,20). The van der Waals surface area contributed by atoms with Gasteiger partial charge in [0.2, 0.25) is 5.91 Å².